The molecule has 0 aliphatic carbocycles. The van der Waals surface area contributed by atoms with Gasteiger partial charge in [0.25, 0.3) is 0 Å². The molecule has 1 fully saturated rings. The first-order valence-electron chi connectivity index (χ1n) is 4.83. The fourth-order valence-electron chi connectivity index (χ4n) is 1.73. The molecule has 0 aromatic heterocycles. The molecule has 1 aliphatic rings. The molecule has 1 amide bonds. The lowest BCUT2D eigenvalue weighted by molar-refractivity contribution is -0.124. The van der Waals surface area contributed by atoms with E-state index < -0.39 is 0 Å². The van der Waals surface area contributed by atoms with Crippen LogP contribution >= 0.6 is 0 Å². The van der Waals surface area contributed by atoms with Crippen LogP contribution in [-0.2, 0) is 4.79 Å². The van der Waals surface area contributed by atoms with Crippen molar-refractivity contribution in [1.82, 2.24) is 0 Å². The van der Waals surface area contributed by atoms with Crippen molar-refractivity contribution in [1.29, 1.82) is 0 Å². The highest BCUT2D eigenvalue weighted by molar-refractivity contribution is 6.00. The van der Waals surface area contributed by atoms with Gasteiger partial charge >= 0.3 is 0 Å². The molecule has 2 rings (SSSR count). The smallest absolute Gasteiger partial charge is 0.229 e. The third kappa shape index (κ3) is 1.68. The summed E-state index contributed by atoms with van der Waals surface area (Å²) >= 11 is 0. The zero-order valence-corrected chi connectivity index (χ0v) is 8.51. The number of carbonyl (C=O) groups is 1. The number of methoxy groups -OCH3 is 1. The van der Waals surface area contributed by atoms with Crippen LogP contribution in [0.2, 0.25) is 0 Å². The fraction of sp³-hybridized carbons (Fsp3) is 0.364. The number of nitrogens with zero attached hydrogens (tertiary/aromatic N) is 1. The Morgan fingerprint density at radius 2 is 2.13 bits per heavy atom. The number of amides is 1. The van der Waals surface area contributed by atoms with E-state index in [1.165, 1.54) is 0 Å². The van der Waals surface area contributed by atoms with Crippen LogP contribution in [0.25, 0.3) is 0 Å². The number of hydrogen-bond acceptors (Lipinski definition) is 3. The van der Waals surface area contributed by atoms with Crippen molar-refractivity contribution < 1.29 is 14.6 Å². The quantitative estimate of drug-likeness (QED) is 0.745. The van der Waals surface area contributed by atoms with Crippen molar-refractivity contribution in [2.24, 2.45) is 0 Å². The SMILES string of the molecule is COc1ccc(N2C(=O)CC2CO)cc1. The van der Waals surface area contributed by atoms with Crippen molar-refractivity contribution >= 4 is 11.6 Å². The van der Waals surface area contributed by atoms with Crippen molar-refractivity contribution in [3.63, 3.8) is 0 Å². The van der Waals surface area contributed by atoms with Crippen molar-refractivity contribution in [3.05, 3.63) is 24.3 Å². The summed E-state index contributed by atoms with van der Waals surface area (Å²) in [6.45, 7) is 0.0117. The molecule has 1 unspecified atom stereocenters. The van der Waals surface area contributed by atoms with Crippen LogP contribution in [0.1, 0.15) is 6.42 Å². The Morgan fingerprint density at radius 3 is 2.60 bits per heavy atom. The van der Waals surface area contributed by atoms with Gasteiger partial charge in [0.05, 0.1) is 26.2 Å². The van der Waals surface area contributed by atoms with Crippen molar-refractivity contribution in [3.8, 4) is 5.75 Å². The molecule has 1 atom stereocenters. The highest BCUT2D eigenvalue weighted by Gasteiger charge is 2.36. The highest BCUT2D eigenvalue weighted by atomic mass is 16.5. The van der Waals surface area contributed by atoms with Gasteiger partial charge < -0.3 is 14.7 Å². The van der Waals surface area contributed by atoms with E-state index in [4.69, 9.17) is 9.84 Å². The third-order valence-corrected chi connectivity index (χ3v) is 2.61. The Bertz CT molecular complexity index is 361. The van der Waals surface area contributed by atoms with E-state index in [2.05, 4.69) is 0 Å². The molecule has 1 aromatic rings. The van der Waals surface area contributed by atoms with Crippen LogP contribution in [0.5, 0.6) is 5.75 Å². The maximum absolute atomic E-state index is 11.3. The van der Waals surface area contributed by atoms with Gasteiger partial charge in [-0.3, -0.25) is 4.79 Å². The Balaban J connectivity index is 2.18. The van der Waals surface area contributed by atoms with Crippen molar-refractivity contribution in [2.45, 2.75) is 12.5 Å². The lowest BCUT2D eigenvalue weighted by Crippen LogP contribution is -2.54. The zero-order chi connectivity index (χ0) is 10.8. The molecular weight excluding hydrogens is 194 g/mol. The lowest BCUT2D eigenvalue weighted by atomic mass is 10.0. The van der Waals surface area contributed by atoms with Crippen molar-refractivity contribution in [2.75, 3.05) is 18.6 Å². The van der Waals surface area contributed by atoms with E-state index in [0.29, 0.717) is 6.42 Å². The lowest BCUT2D eigenvalue weighted by Gasteiger charge is -2.39. The number of benzene rings is 1. The van der Waals surface area contributed by atoms with E-state index in [0.717, 1.165) is 11.4 Å². The van der Waals surface area contributed by atoms with Gasteiger partial charge in [0, 0.05) is 5.69 Å². The molecule has 4 heteroatoms. The summed E-state index contributed by atoms with van der Waals surface area (Å²) in [5, 5.41) is 9.02. The van der Waals surface area contributed by atoms with Crippen LogP contribution in [0.15, 0.2) is 24.3 Å². The summed E-state index contributed by atoms with van der Waals surface area (Å²) in [7, 11) is 1.60. The topological polar surface area (TPSA) is 49.8 Å². The van der Waals surface area contributed by atoms with Gasteiger partial charge in [0.2, 0.25) is 5.91 Å². The predicted molar refractivity (Wildman–Crippen MR) is 56.0 cm³/mol. The highest BCUT2D eigenvalue weighted by Crippen LogP contribution is 2.28. The summed E-state index contributed by atoms with van der Waals surface area (Å²) in [5.74, 6) is 0.812. The number of rotatable bonds is 3. The third-order valence-electron chi connectivity index (χ3n) is 2.61. The van der Waals surface area contributed by atoms with Gasteiger partial charge in [-0.15, -0.1) is 0 Å². The molecule has 80 valence electrons. The summed E-state index contributed by atoms with van der Waals surface area (Å²) in [4.78, 5) is 12.9. The number of aliphatic hydroxyl groups is 1. The Morgan fingerprint density at radius 1 is 1.47 bits per heavy atom. The number of anilines is 1. The molecule has 1 aliphatic heterocycles. The first-order chi connectivity index (χ1) is 7.26. The average molecular weight is 207 g/mol. The second-order valence-electron chi connectivity index (χ2n) is 3.50. The monoisotopic (exact) mass is 207 g/mol. The van der Waals surface area contributed by atoms with Crippen LogP contribution < -0.4 is 9.64 Å². The molecule has 0 radical (unpaired) electrons. The van der Waals surface area contributed by atoms with Gasteiger partial charge in [0.15, 0.2) is 0 Å². The van der Waals surface area contributed by atoms with Crippen LogP contribution in [0.4, 0.5) is 5.69 Å². The number of β-lactam (4-membered cyclic amide) rings is 1. The minimum Gasteiger partial charge on any atom is -0.497 e. The molecule has 0 bridgehead atoms. The molecule has 1 aromatic carbocycles. The van der Waals surface area contributed by atoms with Gasteiger partial charge in [-0.05, 0) is 24.3 Å². The zero-order valence-electron chi connectivity index (χ0n) is 8.51. The van der Waals surface area contributed by atoms with Crippen LogP contribution in [0, 0.1) is 0 Å². The second-order valence-corrected chi connectivity index (χ2v) is 3.50. The second kappa shape index (κ2) is 3.90. The Labute approximate surface area is 88.1 Å². The molecule has 4 nitrogen and oxygen atoms in total. The van der Waals surface area contributed by atoms with E-state index in [1.807, 2.05) is 12.1 Å². The molecule has 1 saturated heterocycles. The normalized spacial score (nSPS) is 20.0. The minimum absolute atomic E-state index is 0.0117. The molecule has 0 saturated carbocycles. The van der Waals surface area contributed by atoms with E-state index >= 15 is 0 Å². The first-order valence-corrected chi connectivity index (χ1v) is 4.83. The van der Waals surface area contributed by atoms with E-state index in [-0.39, 0.29) is 18.6 Å². The van der Waals surface area contributed by atoms with Gasteiger partial charge in [-0.25, -0.2) is 0 Å². The maximum atomic E-state index is 11.3. The summed E-state index contributed by atoms with van der Waals surface area (Å²) < 4.78 is 5.03. The minimum atomic E-state index is -0.0640. The standard InChI is InChI=1S/C11H13NO3/c1-15-10-4-2-8(3-5-10)12-9(7-13)6-11(12)14/h2-5,9,13H,6-7H2,1H3. The summed E-state index contributed by atoms with van der Waals surface area (Å²) in [6, 6.07) is 7.17. The summed E-state index contributed by atoms with van der Waals surface area (Å²) in [5.41, 5.74) is 0.811. The predicted octanol–water partition coefficient (Wildman–Crippen LogP) is 0.793. The Kier molecular flexibility index (Phi) is 2.60. The largest absolute Gasteiger partial charge is 0.497 e. The van der Waals surface area contributed by atoms with Gasteiger partial charge in [-0.2, -0.15) is 0 Å². The Hall–Kier alpha value is -1.55. The number of carbonyl (C=O) groups excluding carboxylic acids is 1. The average Bonchev–Trinajstić information content (AvgIpc) is 2.26. The number of hydrogen-bond donors (Lipinski definition) is 1. The molecule has 15 heavy (non-hydrogen) atoms. The number of aliphatic hydroxyl groups excluding tert-OH is 1. The molecule has 1 N–H and O–H groups in total. The summed E-state index contributed by atoms with van der Waals surface area (Å²) in [6.07, 6.45) is 0.433. The first kappa shape index (κ1) is 9.98. The maximum Gasteiger partial charge on any atom is 0.229 e. The van der Waals surface area contributed by atoms with Crippen LogP contribution in [0.3, 0.4) is 0 Å². The van der Waals surface area contributed by atoms with E-state index in [1.54, 1.807) is 24.1 Å². The fourth-order valence-corrected chi connectivity index (χ4v) is 1.73. The van der Waals surface area contributed by atoms with Gasteiger partial charge in [0.1, 0.15) is 5.75 Å². The van der Waals surface area contributed by atoms with Gasteiger partial charge in [-0.1, -0.05) is 0 Å². The molecule has 0 spiro atoms. The number of ether oxygens (including phenoxy) is 1. The van der Waals surface area contributed by atoms with E-state index in [9.17, 15) is 4.79 Å². The van der Waals surface area contributed by atoms with Crippen LogP contribution in [-0.4, -0.2) is 30.8 Å². The molecule has 1 heterocycles. The molecular formula is C11H13NO3.